The molecule has 1 aliphatic rings. The van der Waals surface area contributed by atoms with Gasteiger partial charge in [0, 0.05) is 0 Å². The molecule has 0 bridgehead atoms. The van der Waals surface area contributed by atoms with E-state index in [4.69, 9.17) is 10.2 Å². The van der Waals surface area contributed by atoms with Crippen LogP contribution in [0.25, 0.3) is 0 Å². The quantitative estimate of drug-likeness (QED) is 0.796. The lowest BCUT2D eigenvalue weighted by atomic mass is 9.92. The minimum absolute atomic E-state index is 0.143. The average molecular weight is 345 g/mol. The number of aliphatic hydroxyl groups is 1. The van der Waals surface area contributed by atoms with Crippen LogP contribution in [-0.2, 0) is 11.2 Å². The molecule has 3 rings (SSSR count). The number of benzene rings is 2. The molecule has 0 spiro atoms. The molecule has 134 valence electrons. The van der Waals surface area contributed by atoms with Gasteiger partial charge in [0.25, 0.3) is 0 Å². The molecule has 1 saturated heterocycles. The first kappa shape index (κ1) is 19.1. The van der Waals surface area contributed by atoms with Gasteiger partial charge >= 0.3 is 5.97 Å². The molecular weight excluding hydrogens is 321 g/mol. The van der Waals surface area contributed by atoms with Crippen molar-refractivity contribution in [3.05, 3.63) is 71.5 Å². The molecule has 2 aromatic rings. The first-order valence-electron chi connectivity index (χ1n) is 8.47. The second-order valence-electron chi connectivity index (χ2n) is 6.19. The highest BCUT2D eigenvalue weighted by atomic mass is 19.1. The van der Waals surface area contributed by atoms with E-state index < -0.39 is 12.1 Å². The fourth-order valence-electron chi connectivity index (χ4n) is 2.83. The number of carboxylic acid groups (broad SMARTS) is 1. The van der Waals surface area contributed by atoms with Crippen molar-refractivity contribution in [3.63, 3.8) is 0 Å². The third-order valence-electron chi connectivity index (χ3n) is 4.19. The molecule has 1 fully saturated rings. The first-order valence-corrected chi connectivity index (χ1v) is 8.47. The molecule has 0 unspecified atom stereocenters. The van der Waals surface area contributed by atoms with E-state index in [1.807, 2.05) is 12.1 Å². The molecule has 0 radical (unpaired) electrons. The Morgan fingerprint density at radius 1 is 1.16 bits per heavy atom. The van der Waals surface area contributed by atoms with Gasteiger partial charge < -0.3 is 15.5 Å². The van der Waals surface area contributed by atoms with Crippen LogP contribution in [0, 0.1) is 11.7 Å². The molecule has 1 heterocycles. The monoisotopic (exact) mass is 345 g/mol. The van der Waals surface area contributed by atoms with Gasteiger partial charge in [0.2, 0.25) is 0 Å². The van der Waals surface area contributed by atoms with Gasteiger partial charge in [-0.25, -0.2) is 9.18 Å². The number of aliphatic hydroxyl groups excluding tert-OH is 1. The molecule has 0 amide bonds. The van der Waals surface area contributed by atoms with Crippen molar-refractivity contribution in [1.82, 2.24) is 5.32 Å². The number of carboxylic acids is 1. The lowest BCUT2D eigenvalue weighted by molar-refractivity contribution is -0.146. The number of hydrogen-bond acceptors (Lipinski definition) is 3. The topological polar surface area (TPSA) is 69.6 Å². The van der Waals surface area contributed by atoms with Crippen molar-refractivity contribution in [2.24, 2.45) is 5.92 Å². The molecule has 25 heavy (non-hydrogen) atoms. The summed E-state index contributed by atoms with van der Waals surface area (Å²) in [6.45, 7) is 2.26. The van der Waals surface area contributed by atoms with E-state index in [2.05, 4.69) is 5.32 Å². The van der Waals surface area contributed by atoms with Gasteiger partial charge in [-0.3, -0.25) is 0 Å². The number of carbonyl (C=O) groups is 1. The zero-order chi connectivity index (χ0) is 18.1. The Morgan fingerprint density at radius 2 is 1.84 bits per heavy atom. The van der Waals surface area contributed by atoms with Crippen LogP contribution in [0.15, 0.2) is 54.6 Å². The van der Waals surface area contributed by atoms with E-state index in [-0.39, 0.29) is 5.82 Å². The summed E-state index contributed by atoms with van der Waals surface area (Å²) in [6, 6.07) is 15.1. The Labute approximate surface area is 147 Å². The number of rotatable bonds is 4. The number of hydrogen-bond donors (Lipinski definition) is 3. The van der Waals surface area contributed by atoms with Crippen molar-refractivity contribution >= 4 is 5.97 Å². The summed E-state index contributed by atoms with van der Waals surface area (Å²) in [7, 11) is 0. The maximum atomic E-state index is 12.7. The van der Waals surface area contributed by atoms with Gasteiger partial charge in [-0.15, -0.1) is 0 Å². The summed E-state index contributed by atoms with van der Waals surface area (Å²) in [5.41, 5.74) is 1.65. The second kappa shape index (κ2) is 9.91. The third kappa shape index (κ3) is 6.64. The van der Waals surface area contributed by atoms with Crippen LogP contribution in [-0.4, -0.2) is 29.3 Å². The fourth-order valence-corrected chi connectivity index (χ4v) is 2.83. The summed E-state index contributed by atoms with van der Waals surface area (Å²) in [5, 5.41) is 20.8. The highest BCUT2D eigenvalue weighted by Crippen LogP contribution is 2.16. The minimum atomic E-state index is -1.41. The molecule has 0 aliphatic carbocycles. The summed E-state index contributed by atoms with van der Waals surface area (Å²) >= 11 is 0. The third-order valence-corrected chi connectivity index (χ3v) is 4.19. The molecule has 2 aromatic carbocycles. The maximum Gasteiger partial charge on any atom is 0.337 e. The van der Waals surface area contributed by atoms with E-state index >= 15 is 0 Å². The van der Waals surface area contributed by atoms with Gasteiger partial charge in [0.05, 0.1) is 0 Å². The highest BCUT2D eigenvalue weighted by molar-refractivity contribution is 5.73. The van der Waals surface area contributed by atoms with Gasteiger partial charge in [-0.1, -0.05) is 42.5 Å². The standard InChI is InChI=1S/C12H16FN.C8H8O3/c13-12-5-3-10(4-6-12)8-11-2-1-7-14-9-11;9-7(8(10)11)6-4-2-1-3-5-6/h3-6,11,14H,1-2,7-9H2;1-5,7,9H,(H,10,11)/t11-;7-/m01/s1. The van der Waals surface area contributed by atoms with Crippen molar-refractivity contribution in [2.75, 3.05) is 13.1 Å². The zero-order valence-corrected chi connectivity index (χ0v) is 14.1. The van der Waals surface area contributed by atoms with E-state index in [9.17, 15) is 9.18 Å². The summed E-state index contributed by atoms with van der Waals surface area (Å²) in [4.78, 5) is 10.2. The highest BCUT2D eigenvalue weighted by Gasteiger charge is 2.14. The fraction of sp³-hybridized carbons (Fsp3) is 0.350. The Balaban J connectivity index is 0.000000186. The largest absolute Gasteiger partial charge is 0.479 e. The molecule has 5 heteroatoms. The summed E-state index contributed by atoms with van der Waals surface area (Å²) < 4.78 is 12.7. The minimum Gasteiger partial charge on any atom is -0.479 e. The van der Waals surface area contributed by atoms with Crippen LogP contribution in [0.4, 0.5) is 4.39 Å². The molecule has 2 atom stereocenters. The van der Waals surface area contributed by atoms with Crippen LogP contribution >= 0.6 is 0 Å². The lowest BCUT2D eigenvalue weighted by Gasteiger charge is -2.22. The van der Waals surface area contributed by atoms with E-state index in [1.54, 1.807) is 42.5 Å². The van der Waals surface area contributed by atoms with Crippen LogP contribution in [0.1, 0.15) is 30.1 Å². The molecular formula is C20H24FNO3. The lowest BCUT2D eigenvalue weighted by Crippen LogP contribution is -2.30. The number of nitrogens with one attached hydrogen (secondary N) is 1. The summed E-state index contributed by atoms with van der Waals surface area (Å²) in [5.74, 6) is -0.638. The van der Waals surface area contributed by atoms with Crippen LogP contribution in [0.3, 0.4) is 0 Å². The molecule has 1 aliphatic heterocycles. The first-order chi connectivity index (χ1) is 12.1. The Bertz CT molecular complexity index is 640. The van der Waals surface area contributed by atoms with E-state index in [1.165, 1.54) is 18.4 Å². The van der Waals surface area contributed by atoms with Crippen molar-refractivity contribution < 1.29 is 19.4 Å². The normalized spacial score (nSPS) is 17.9. The molecule has 0 saturated carbocycles. The van der Waals surface area contributed by atoms with Crippen LogP contribution in [0.2, 0.25) is 0 Å². The van der Waals surface area contributed by atoms with Gasteiger partial charge in [0.15, 0.2) is 6.10 Å². The van der Waals surface area contributed by atoms with Crippen LogP contribution < -0.4 is 5.32 Å². The SMILES string of the molecule is Fc1ccc(C[C@@H]2CCCNC2)cc1.O=C(O)[C@H](O)c1ccccc1. The molecule has 4 nitrogen and oxygen atoms in total. The number of aliphatic carboxylic acids is 1. The van der Waals surface area contributed by atoms with Crippen LogP contribution in [0.5, 0.6) is 0 Å². The van der Waals surface area contributed by atoms with Crippen molar-refractivity contribution in [1.29, 1.82) is 0 Å². The van der Waals surface area contributed by atoms with Crippen molar-refractivity contribution in [3.8, 4) is 0 Å². The Kier molecular flexibility index (Phi) is 7.57. The smallest absolute Gasteiger partial charge is 0.337 e. The summed E-state index contributed by atoms with van der Waals surface area (Å²) in [6.07, 6.45) is 2.24. The number of halogens is 1. The van der Waals surface area contributed by atoms with Gasteiger partial charge in [-0.2, -0.15) is 0 Å². The average Bonchev–Trinajstić information content (AvgIpc) is 2.65. The maximum absolute atomic E-state index is 12.7. The Hall–Kier alpha value is -2.24. The predicted molar refractivity (Wildman–Crippen MR) is 94.7 cm³/mol. The van der Waals surface area contributed by atoms with E-state index in [0.29, 0.717) is 5.56 Å². The molecule has 3 N–H and O–H groups in total. The zero-order valence-electron chi connectivity index (χ0n) is 14.1. The predicted octanol–water partition coefficient (Wildman–Crippen LogP) is 3.17. The van der Waals surface area contributed by atoms with Gasteiger partial charge in [-0.05, 0) is 61.5 Å². The Morgan fingerprint density at radius 3 is 2.40 bits per heavy atom. The van der Waals surface area contributed by atoms with E-state index in [0.717, 1.165) is 25.4 Å². The van der Waals surface area contributed by atoms with Crippen molar-refractivity contribution in [2.45, 2.75) is 25.4 Å². The van der Waals surface area contributed by atoms with Gasteiger partial charge in [0.1, 0.15) is 5.82 Å². The second-order valence-corrected chi connectivity index (χ2v) is 6.19. The molecule has 0 aromatic heterocycles. The number of piperidine rings is 1.